The normalized spacial score (nSPS) is 10.5. The Morgan fingerprint density at radius 3 is 2.67 bits per heavy atom. The van der Waals surface area contributed by atoms with Crippen LogP contribution in [0.5, 0.6) is 0 Å². The summed E-state index contributed by atoms with van der Waals surface area (Å²) in [5.41, 5.74) is 2.33. The van der Waals surface area contributed by atoms with Crippen LogP contribution < -0.4 is 10.9 Å². The third-order valence-corrected chi connectivity index (χ3v) is 2.85. The molecule has 0 fully saturated rings. The van der Waals surface area contributed by atoms with Crippen molar-refractivity contribution < 1.29 is 0 Å². The molecule has 3 nitrogen and oxygen atoms in total. The molecule has 3 heteroatoms. The summed E-state index contributed by atoms with van der Waals surface area (Å²) in [5.74, 6) is 0. The molecule has 0 saturated heterocycles. The molecule has 18 heavy (non-hydrogen) atoms. The zero-order valence-electron chi connectivity index (χ0n) is 10.6. The largest absolute Gasteiger partial charge is 0.314 e. The first-order valence-electron chi connectivity index (χ1n) is 6.17. The summed E-state index contributed by atoms with van der Waals surface area (Å²) >= 11 is 0. The van der Waals surface area contributed by atoms with Gasteiger partial charge in [-0.2, -0.15) is 0 Å². The van der Waals surface area contributed by atoms with E-state index in [0.29, 0.717) is 6.54 Å². The molecule has 1 heterocycles. The molecule has 0 aliphatic heterocycles. The van der Waals surface area contributed by atoms with Crippen molar-refractivity contribution in [3.63, 3.8) is 0 Å². The Morgan fingerprint density at radius 2 is 1.94 bits per heavy atom. The summed E-state index contributed by atoms with van der Waals surface area (Å²) in [6, 6.07) is 13.9. The number of hydrogen-bond donors (Lipinski definition) is 1. The second-order valence-electron chi connectivity index (χ2n) is 4.40. The molecule has 0 bridgehead atoms. The van der Waals surface area contributed by atoms with E-state index in [2.05, 4.69) is 17.4 Å². The number of nitrogens with zero attached hydrogens (tertiary/aromatic N) is 1. The van der Waals surface area contributed by atoms with Gasteiger partial charge in [-0.25, -0.2) is 0 Å². The first-order valence-corrected chi connectivity index (χ1v) is 6.17. The van der Waals surface area contributed by atoms with Gasteiger partial charge in [0.2, 0.25) is 0 Å². The van der Waals surface area contributed by atoms with Gasteiger partial charge in [-0.1, -0.05) is 30.3 Å². The van der Waals surface area contributed by atoms with E-state index in [1.807, 2.05) is 37.4 Å². The molecule has 0 spiro atoms. The van der Waals surface area contributed by atoms with E-state index < -0.39 is 0 Å². The second-order valence-corrected chi connectivity index (χ2v) is 4.40. The zero-order chi connectivity index (χ0) is 12.8. The van der Waals surface area contributed by atoms with E-state index in [9.17, 15) is 4.79 Å². The average Bonchev–Trinajstić information content (AvgIpc) is 2.38. The van der Waals surface area contributed by atoms with Gasteiger partial charge >= 0.3 is 0 Å². The summed E-state index contributed by atoms with van der Waals surface area (Å²) in [6.07, 6.45) is 1.85. The second kappa shape index (κ2) is 6.17. The van der Waals surface area contributed by atoms with Gasteiger partial charge in [0.1, 0.15) is 0 Å². The van der Waals surface area contributed by atoms with Crippen LogP contribution in [0, 0.1) is 6.92 Å². The number of pyridine rings is 1. The highest BCUT2D eigenvalue weighted by Gasteiger charge is 1.96. The predicted molar refractivity (Wildman–Crippen MR) is 73.6 cm³/mol. The standard InChI is InChI=1S/C15H18N2O/c1-13-7-9-17(15(18)11-13)10-8-16-12-14-5-3-2-4-6-14/h2-7,9,11,16H,8,10,12H2,1H3. The lowest BCUT2D eigenvalue weighted by Gasteiger charge is -2.07. The third-order valence-electron chi connectivity index (χ3n) is 2.85. The van der Waals surface area contributed by atoms with Crippen molar-refractivity contribution in [3.8, 4) is 0 Å². The molecular formula is C15H18N2O. The van der Waals surface area contributed by atoms with E-state index in [-0.39, 0.29) is 5.56 Å². The van der Waals surface area contributed by atoms with Crippen LogP contribution in [0.4, 0.5) is 0 Å². The van der Waals surface area contributed by atoms with Crippen molar-refractivity contribution in [1.29, 1.82) is 0 Å². The van der Waals surface area contributed by atoms with Crippen LogP contribution in [0.25, 0.3) is 0 Å². The fraction of sp³-hybridized carbons (Fsp3) is 0.267. The van der Waals surface area contributed by atoms with Crippen molar-refractivity contribution in [2.75, 3.05) is 6.54 Å². The fourth-order valence-electron chi connectivity index (χ4n) is 1.82. The van der Waals surface area contributed by atoms with Gasteiger partial charge in [-0.05, 0) is 24.1 Å². The molecule has 1 N–H and O–H groups in total. The Labute approximate surface area is 107 Å². The first-order chi connectivity index (χ1) is 8.75. The van der Waals surface area contributed by atoms with Crippen LogP contribution in [0.2, 0.25) is 0 Å². The maximum Gasteiger partial charge on any atom is 0.250 e. The lowest BCUT2D eigenvalue weighted by molar-refractivity contribution is 0.584. The smallest absolute Gasteiger partial charge is 0.250 e. The quantitative estimate of drug-likeness (QED) is 0.813. The topological polar surface area (TPSA) is 34.0 Å². The van der Waals surface area contributed by atoms with Gasteiger partial charge in [-0.15, -0.1) is 0 Å². The summed E-state index contributed by atoms with van der Waals surface area (Å²) in [5, 5.41) is 3.33. The van der Waals surface area contributed by atoms with Gasteiger partial charge in [-0.3, -0.25) is 4.79 Å². The zero-order valence-corrected chi connectivity index (χ0v) is 10.6. The molecule has 0 aliphatic carbocycles. The van der Waals surface area contributed by atoms with Gasteiger partial charge in [0.25, 0.3) is 5.56 Å². The minimum absolute atomic E-state index is 0.0662. The molecule has 2 rings (SSSR count). The minimum Gasteiger partial charge on any atom is -0.314 e. The Bertz CT molecular complexity index is 546. The number of nitrogens with one attached hydrogen (secondary N) is 1. The number of rotatable bonds is 5. The van der Waals surface area contributed by atoms with Crippen molar-refractivity contribution in [1.82, 2.24) is 9.88 Å². The SMILES string of the molecule is Cc1ccn(CCNCc2ccccc2)c(=O)c1. The molecule has 0 atom stereocenters. The van der Waals surface area contributed by atoms with Crippen molar-refractivity contribution >= 4 is 0 Å². The Hall–Kier alpha value is -1.87. The highest BCUT2D eigenvalue weighted by molar-refractivity contribution is 5.14. The maximum atomic E-state index is 11.6. The van der Waals surface area contributed by atoms with Crippen molar-refractivity contribution in [2.24, 2.45) is 0 Å². The minimum atomic E-state index is 0.0662. The molecule has 1 aromatic carbocycles. The monoisotopic (exact) mass is 242 g/mol. The summed E-state index contributed by atoms with van der Waals surface area (Å²) in [4.78, 5) is 11.6. The van der Waals surface area contributed by atoms with Crippen LogP contribution in [0.1, 0.15) is 11.1 Å². The van der Waals surface area contributed by atoms with Gasteiger partial charge in [0.05, 0.1) is 0 Å². The predicted octanol–water partition coefficient (Wildman–Crippen LogP) is 1.95. The van der Waals surface area contributed by atoms with E-state index in [1.165, 1.54) is 5.56 Å². The Kier molecular flexibility index (Phi) is 4.31. The number of aromatic nitrogens is 1. The van der Waals surface area contributed by atoms with Gasteiger partial charge in [0, 0.05) is 31.9 Å². The number of aryl methyl sites for hydroxylation is 1. The molecule has 2 aromatic rings. The van der Waals surface area contributed by atoms with E-state index >= 15 is 0 Å². The van der Waals surface area contributed by atoms with Crippen LogP contribution in [-0.2, 0) is 13.1 Å². The Morgan fingerprint density at radius 1 is 1.17 bits per heavy atom. The van der Waals surface area contributed by atoms with Crippen LogP contribution in [0.15, 0.2) is 53.5 Å². The fourth-order valence-corrected chi connectivity index (χ4v) is 1.82. The number of benzene rings is 1. The summed E-state index contributed by atoms with van der Waals surface area (Å²) in [6.45, 7) is 4.25. The lowest BCUT2D eigenvalue weighted by Crippen LogP contribution is -2.26. The highest BCUT2D eigenvalue weighted by Crippen LogP contribution is 1.97. The highest BCUT2D eigenvalue weighted by atomic mass is 16.1. The molecular weight excluding hydrogens is 224 g/mol. The lowest BCUT2D eigenvalue weighted by atomic mass is 10.2. The molecule has 94 valence electrons. The third kappa shape index (κ3) is 3.57. The van der Waals surface area contributed by atoms with Crippen LogP contribution in [0.3, 0.4) is 0 Å². The molecule has 0 radical (unpaired) electrons. The van der Waals surface area contributed by atoms with E-state index in [4.69, 9.17) is 0 Å². The van der Waals surface area contributed by atoms with E-state index in [0.717, 1.165) is 18.7 Å². The van der Waals surface area contributed by atoms with Crippen LogP contribution >= 0.6 is 0 Å². The molecule has 0 saturated carbocycles. The number of hydrogen-bond acceptors (Lipinski definition) is 2. The average molecular weight is 242 g/mol. The Balaban J connectivity index is 1.80. The first kappa shape index (κ1) is 12.6. The van der Waals surface area contributed by atoms with Gasteiger partial charge in [0.15, 0.2) is 0 Å². The van der Waals surface area contributed by atoms with Crippen LogP contribution in [-0.4, -0.2) is 11.1 Å². The summed E-state index contributed by atoms with van der Waals surface area (Å²) in [7, 11) is 0. The molecule has 0 amide bonds. The molecule has 1 aromatic heterocycles. The molecule has 0 aliphatic rings. The maximum absolute atomic E-state index is 11.6. The van der Waals surface area contributed by atoms with Gasteiger partial charge < -0.3 is 9.88 Å². The van der Waals surface area contributed by atoms with E-state index in [1.54, 1.807) is 10.6 Å². The molecule has 0 unspecified atom stereocenters. The van der Waals surface area contributed by atoms with Crippen molar-refractivity contribution in [2.45, 2.75) is 20.0 Å². The summed E-state index contributed by atoms with van der Waals surface area (Å²) < 4.78 is 1.73. The van der Waals surface area contributed by atoms with Crippen molar-refractivity contribution in [3.05, 3.63) is 70.1 Å².